The van der Waals surface area contributed by atoms with E-state index in [2.05, 4.69) is 5.32 Å². The van der Waals surface area contributed by atoms with Gasteiger partial charge in [-0.15, -0.1) is 0 Å². The molecule has 3 N–H and O–H groups in total. The molecule has 1 aliphatic rings. The minimum Gasteiger partial charge on any atom is -0.327 e. The van der Waals surface area contributed by atoms with E-state index in [1.54, 1.807) is 0 Å². The summed E-state index contributed by atoms with van der Waals surface area (Å²) in [5, 5.41) is 2.91. The van der Waals surface area contributed by atoms with Crippen LogP contribution in [-0.2, 0) is 0 Å². The molecule has 3 heteroatoms. The van der Waals surface area contributed by atoms with E-state index in [1.807, 2.05) is 55.5 Å². The molecule has 102 valence electrons. The van der Waals surface area contributed by atoms with Crippen LogP contribution in [0.1, 0.15) is 33.8 Å². The van der Waals surface area contributed by atoms with Crippen LogP contribution in [0.2, 0.25) is 0 Å². The van der Waals surface area contributed by atoms with Crippen molar-refractivity contribution in [3.05, 3.63) is 65.2 Å². The van der Waals surface area contributed by atoms with E-state index in [0.717, 1.165) is 17.7 Å². The molecule has 1 amide bonds. The minimum absolute atomic E-state index is 0.0791. The first-order valence-corrected chi connectivity index (χ1v) is 6.87. The van der Waals surface area contributed by atoms with E-state index in [1.165, 1.54) is 5.56 Å². The van der Waals surface area contributed by atoms with Crippen molar-refractivity contribution in [1.29, 1.82) is 0 Å². The molecule has 3 rings (SSSR count). The fraction of sp³-hybridized carbons (Fsp3) is 0.235. The van der Waals surface area contributed by atoms with Crippen molar-refractivity contribution < 1.29 is 4.79 Å². The summed E-state index contributed by atoms with van der Waals surface area (Å²) in [6.45, 7) is 1.98. The van der Waals surface area contributed by atoms with Crippen molar-refractivity contribution >= 4 is 11.6 Å². The second-order valence-electron chi connectivity index (χ2n) is 5.45. The highest BCUT2D eigenvalue weighted by Gasteiger charge is 2.34. The van der Waals surface area contributed by atoms with Crippen molar-refractivity contribution in [2.75, 3.05) is 5.32 Å². The molecule has 3 nitrogen and oxygen atoms in total. The van der Waals surface area contributed by atoms with Gasteiger partial charge in [0.05, 0.1) is 0 Å². The van der Waals surface area contributed by atoms with Crippen molar-refractivity contribution in [2.24, 2.45) is 5.73 Å². The average Bonchev–Trinajstić information content (AvgIpc) is 3.17. The molecule has 0 radical (unpaired) electrons. The normalized spacial score (nSPS) is 20.5. The van der Waals surface area contributed by atoms with Crippen LogP contribution in [0.5, 0.6) is 0 Å². The van der Waals surface area contributed by atoms with Crippen LogP contribution < -0.4 is 11.1 Å². The van der Waals surface area contributed by atoms with Crippen LogP contribution in [0.15, 0.2) is 48.5 Å². The highest BCUT2D eigenvalue weighted by atomic mass is 16.1. The summed E-state index contributed by atoms with van der Waals surface area (Å²) in [6.07, 6.45) is 1.06. The molecule has 0 aliphatic heterocycles. The van der Waals surface area contributed by atoms with E-state index >= 15 is 0 Å². The Bertz CT molecular complexity index is 634. The molecular formula is C17H18N2O. The minimum atomic E-state index is -0.0791. The van der Waals surface area contributed by atoms with Crippen LogP contribution in [0.4, 0.5) is 5.69 Å². The van der Waals surface area contributed by atoms with Gasteiger partial charge in [-0.05, 0) is 43.2 Å². The second kappa shape index (κ2) is 5.10. The lowest BCUT2D eigenvalue weighted by Crippen LogP contribution is -2.11. The number of amides is 1. The van der Waals surface area contributed by atoms with Gasteiger partial charge in [-0.3, -0.25) is 4.79 Å². The Labute approximate surface area is 118 Å². The number of carbonyl (C=O) groups excluding carboxylic acids is 1. The smallest absolute Gasteiger partial charge is 0.255 e. The fourth-order valence-corrected chi connectivity index (χ4v) is 2.40. The van der Waals surface area contributed by atoms with Crippen LogP contribution >= 0.6 is 0 Å². The Hall–Kier alpha value is -2.13. The number of nitrogens with two attached hydrogens (primary N) is 1. The molecule has 0 saturated heterocycles. The van der Waals surface area contributed by atoms with Gasteiger partial charge in [-0.25, -0.2) is 0 Å². The van der Waals surface area contributed by atoms with Gasteiger partial charge in [0.25, 0.3) is 5.91 Å². The maximum Gasteiger partial charge on any atom is 0.255 e. The van der Waals surface area contributed by atoms with Gasteiger partial charge >= 0.3 is 0 Å². The Morgan fingerprint density at radius 2 is 1.90 bits per heavy atom. The summed E-state index contributed by atoms with van der Waals surface area (Å²) in [4.78, 5) is 12.1. The fourth-order valence-electron chi connectivity index (χ4n) is 2.40. The number of benzene rings is 2. The number of hydrogen-bond donors (Lipinski definition) is 2. The molecule has 0 heterocycles. The monoisotopic (exact) mass is 266 g/mol. The summed E-state index contributed by atoms with van der Waals surface area (Å²) in [5.41, 5.74) is 9.67. The summed E-state index contributed by atoms with van der Waals surface area (Å²) < 4.78 is 0. The van der Waals surface area contributed by atoms with Crippen LogP contribution in [0.3, 0.4) is 0 Å². The van der Waals surface area contributed by atoms with E-state index in [9.17, 15) is 4.79 Å². The van der Waals surface area contributed by atoms with Crippen molar-refractivity contribution in [2.45, 2.75) is 25.3 Å². The lowest BCUT2D eigenvalue weighted by Gasteiger charge is -2.07. The van der Waals surface area contributed by atoms with Gasteiger partial charge < -0.3 is 11.1 Å². The lowest BCUT2D eigenvalue weighted by molar-refractivity contribution is 0.102. The molecule has 2 atom stereocenters. The van der Waals surface area contributed by atoms with Gasteiger partial charge in [0.2, 0.25) is 0 Å². The molecule has 1 fully saturated rings. The molecule has 2 aromatic rings. The molecule has 2 unspecified atom stereocenters. The SMILES string of the molecule is Cc1cccc(C(=O)Nc2ccc(C3CC3N)cc2)c1. The quantitative estimate of drug-likeness (QED) is 0.897. The predicted molar refractivity (Wildman–Crippen MR) is 80.9 cm³/mol. The highest BCUT2D eigenvalue weighted by Crippen LogP contribution is 2.39. The third-order valence-corrected chi connectivity index (χ3v) is 3.72. The van der Waals surface area contributed by atoms with Crippen LogP contribution in [0.25, 0.3) is 0 Å². The average molecular weight is 266 g/mol. The molecule has 20 heavy (non-hydrogen) atoms. The first-order valence-electron chi connectivity index (χ1n) is 6.87. The Balaban J connectivity index is 1.69. The van der Waals surface area contributed by atoms with Crippen molar-refractivity contribution in [3.8, 4) is 0 Å². The number of aryl methyl sites for hydroxylation is 1. The standard InChI is InChI=1S/C17H18N2O/c1-11-3-2-4-13(9-11)17(20)19-14-7-5-12(6-8-14)15-10-16(15)18/h2-9,15-16H,10,18H2,1H3,(H,19,20). The largest absolute Gasteiger partial charge is 0.327 e. The number of anilines is 1. The predicted octanol–water partition coefficient (Wildman–Crippen LogP) is 3.06. The van der Waals surface area contributed by atoms with E-state index in [-0.39, 0.29) is 5.91 Å². The van der Waals surface area contributed by atoms with Gasteiger partial charge in [-0.1, -0.05) is 29.8 Å². The number of carbonyl (C=O) groups is 1. The van der Waals surface area contributed by atoms with Gasteiger partial charge in [-0.2, -0.15) is 0 Å². The van der Waals surface area contributed by atoms with Gasteiger partial charge in [0, 0.05) is 23.2 Å². The molecule has 2 aromatic carbocycles. The number of nitrogens with one attached hydrogen (secondary N) is 1. The molecule has 0 spiro atoms. The Morgan fingerprint density at radius 1 is 1.20 bits per heavy atom. The summed E-state index contributed by atoms with van der Waals surface area (Å²) in [7, 11) is 0. The number of rotatable bonds is 3. The third-order valence-electron chi connectivity index (χ3n) is 3.72. The molecule has 0 aromatic heterocycles. The second-order valence-corrected chi connectivity index (χ2v) is 5.45. The summed E-state index contributed by atoms with van der Waals surface area (Å²) in [5.74, 6) is 0.418. The molecule has 1 aliphatic carbocycles. The lowest BCUT2D eigenvalue weighted by atomic mass is 10.1. The topological polar surface area (TPSA) is 55.1 Å². The van der Waals surface area contributed by atoms with Gasteiger partial charge in [0.15, 0.2) is 0 Å². The van der Waals surface area contributed by atoms with Gasteiger partial charge in [0.1, 0.15) is 0 Å². The van der Waals surface area contributed by atoms with Crippen molar-refractivity contribution in [1.82, 2.24) is 0 Å². The maximum atomic E-state index is 12.1. The first kappa shape index (κ1) is 12.9. The van der Waals surface area contributed by atoms with Crippen molar-refractivity contribution in [3.63, 3.8) is 0 Å². The van der Waals surface area contributed by atoms with Crippen LogP contribution in [0, 0.1) is 6.92 Å². The van der Waals surface area contributed by atoms with E-state index in [0.29, 0.717) is 17.5 Å². The highest BCUT2D eigenvalue weighted by molar-refractivity contribution is 6.04. The molecule has 1 saturated carbocycles. The third kappa shape index (κ3) is 2.73. The first-order chi connectivity index (χ1) is 9.63. The zero-order valence-electron chi connectivity index (χ0n) is 11.5. The summed E-state index contributed by atoms with van der Waals surface area (Å²) in [6, 6.07) is 15.8. The van der Waals surface area contributed by atoms with E-state index < -0.39 is 0 Å². The zero-order chi connectivity index (χ0) is 14.1. The molecule has 0 bridgehead atoms. The molecular weight excluding hydrogens is 248 g/mol. The zero-order valence-corrected chi connectivity index (χ0v) is 11.5. The van der Waals surface area contributed by atoms with E-state index in [4.69, 9.17) is 5.73 Å². The van der Waals surface area contributed by atoms with Crippen LogP contribution in [-0.4, -0.2) is 11.9 Å². The maximum absolute atomic E-state index is 12.1. The number of hydrogen-bond acceptors (Lipinski definition) is 2. The Morgan fingerprint density at radius 3 is 2.50 bits per heavy atom. The Kier molecular flexibility index (Phi) is 3.28. The summed E-state index contributed by atoms with van der Waals surface area (Å²) >= 11 is 0.